The van der Waals surface area contributed by atoms with Gasteiger partial charge in [0.15, 0.2) is 0 Å². The molecule has 0 amide bonds. The van der Waals surface area contributed by atoms with E-state index in [2.05, 4.69) is 0 Å². The van der Waals surface area contributed by atoms with Crippen LogP contribution in [0.1, 0.15) is 6.42 Å². The number of hydrogen-bond acceptors (Lipinski definition) is 4. The van der Waals surface area contributed by atoms with Crippen LogP contribution in [-0.4, -0.2) is 46.7 Å². The van der Waals surface area contributed by atoms with E-state index in [1.165, 1.54) is 10.1 Å². The van der Waals surface area contributed by atoms with Crippen molar-refractivity contribution in [3.05, 3.63) is 0 Å². The fraction of sp³-hybridized carbons (Fsp3) is 1.00. The Hall–Kier alpha value is -0.160. The molecule has 1 rings (SSSR count). The highest BCUT2D eigenvalue weighted by Crippen LogP contribution is 1.96. The van der Waals surface area contributed by atoms with Gasteiger partial charge in [-0.1, -0.05) is 0 Å². The highest BCUT2D eigenvalue weighted by atomic mass is 16.5. The van der Waals surface area contributed by atoms with Crippen LogP contribution >= 0.6 is 0 Å². The molecule has 0 aromatic carbocycles. The summed E-state index contributed by atoms with van der Waals surface area (Å²) in [6, 6.07) is 0. The third-order valence-corrected chi connectivity index (χ3v) is 1.45. The molecular weight excluding hydrogens is 120 g/mol. The van der Waals surface area contributed by atoms with Crippen LogP contribution in [0.25, 0.3) is 0 Å². The van der Waals surface area contributed by atoms with Gasteiger partial charge in [-0.2, -0.15) is 10.1 Å². The predicted molar refractivity (Wildman–Crippen MR) is 31.3 cm³/mol. The molecule has 0 bridgehead atoms. The van der Waals surface area contributed by atoms with Gasteiger partial charge in [0, 0.05) is 26.2 Å². The van der Waals surface area contributed by atoms with Gasteiger partial charge in [0.25, 0.3) is 0 Å². The molecule has 9 heavy (non-hydrogen) atoms. The minimum atomic E-state index is 0.538. The molecule has 54 valence electrons. The molecule has 1 fully saturated rings. The third kappa shape index (κ3) is 2.28. The fourth-order valence-electron chi connectivity index (χ4n) is 0.890. The van der Waals surface area contributed by atoms with E-state index in [-0.39, 0.29) is 0 Å². The Kier molecular flexibility index (Phi) is 2.41. The quantitative estimate of drug-likeness (QED) is 0.478. The monoisotopic (exact) mass is 132 g/mol. The van der Waals surface area contributed by atoms with E-state index in [9.17, 15) is 0 Å². The van der Waals surface area contributed by atoms with E-state index in [1.807, 2.05) is 0 Å². The number of rotatable bonds is 0. The Balaban J connectivity index is 2.25. The van der Waals surface area contributed by atoms with Crippen molar-refractivity contribution in [1.29, 1.82) is 0 Å². The molecule has 0 saturated carbocycles. The van der Waals surface area contributed by atoms with Crippen LogP contribution in [0.4, 0.5) is 0 Å². The summed E-state index contributed by atoms with van der Waals surface area (Å²) in [6.45, 7) is 2.40. The van der Waals surface area contributed by atoms with Crippen LogP contribution < -0.4 is 0 Å². The first kappa shape index (κ1) is 6.95. The molecule has 1 saturated heterocycles. The van der Waals surface area contributed by atoms with Gasteiger partial charge in [-0.05, 0) is 6.42 Å². The topological polar surface area (TPSA) is 46.9 Å². The second-order valence-electron chi connectivity index (χ2n) is 2.26. The molecule has 2 N–H and O–H groups in total. The molecule has 0 aromatic heterocycles. The van der Waals surface area contributed by atoms with E-state index in [4.69, 9.17) is 10.4 Å². The number of hydrogen-bond donors (Lipinski definition) is 2. The average molecular weight is 132 g/mol. The summed E-state index contributed by atoms with van der Waals surface area (Å²) in [4.78, 5) is 0. The van der Waals surface area contributed by atoms with Crippen LogP contribution in [0.15, 0.2) is 0 Å². The van der Waals surface area contributed by atoms with Crippen LogP contribution in [0.2, 0.25) is 0 Å². The Labute approximate surface area is 54.2 Å². The highest BCUT2D eigenvalue weighted by molar-refractivity contribution is 4.56. The minimum Gasteiger partial charge on any atom is -0.314 e. The van der Waals surface area contributed by atoms with Gasteiger partial charge in [0.2, 0.25) is 0 Å². The molecule has 0 radical (unpaired) electrons. The lowest BCUT2D eigenvalue weighted by Gasteiger charge is -2.10. The zero-order valence-corrected chi connectivity index (χ0v) is 5.32. The van der Waals surface area contributed by atoms with Gasteiger partial charge in [0.1, 0.15) is 0 Å². The van der Waals surface area contributed by atoms with Crippen molar-refractivity contribution in [2.45, 2.75) is 6.42 Å². The molecule has 1 heterocycles. The fourth-order valence-corrected chi connectivity index (χ4v) is 0.890. The van der Waals surface area contributed by atoms with E-state index in [0.29, 0.717) is 26.2 Å². The van der Waals surface area contributed by atoms with Gasteiger partial charge in [-0.25, -0.2) is 0 Å². The van der Waals surface area contributed by atoms with Crippen LogP contribution in [0.3, 0.4) is 0 Å². The SMILES string of the molecule is ON1CCCN(O)CC1. The summed E-state index contributed by atoms with van der Waals surface area (Å²) in [6.07, 6.45) is 0.826. The van der Waals surface area contributed by atoms with Crippen LogP contribution in [0, 0.1) is 0 Å². The van der Waals surface area contributed by atoms with Crippen LogP contribution in [-0.2, 0) is 0 Å². The maximum atomic E-state index is 8.90. The van der Waals surface area contributed by atoms with E-state index in [1.54, 1.807) is 0 Å². The Morgan fingerprint density at radius 2 is 1.22 bits per heavy atom. The average Bonchev–Trinajstić information content (AvgIpc) is 1.97. The van der Waals surface area contributed by atoms with E-state index in [0.717, 1.165) is 6.42 Å². The van der Waals surface area contributed by atoms with Gasteiger partial charge in [-0.15, -0.1) is 0 Å². The largest absolute Gasteiger partial charge is 0.314 e. The Morgan fingerprint density at radius 3 is 1.67 bits per heavy atom. The molecule has 0 aliphatic carbocycles. The summed E-state index contributed by atoms with van der Waals surface area (Å²) in [5.41, 5.74) is 0. The maximum absolute atomic E-state index is 8.90. The molecular formula is C5H12N2O2. The van der Waals surface area contributed by atoms with E-state index < -0.39 is 0 Å². The zero-order chi connectivity index (χ0) is 6.69. The van der Waals surface area contributed by atoms with Gasteiger partial charge in [0.05, 0.1) is 0 Å². The summed E-state index contributed by atoms with van der Waals surface area (Å²) in [5, 5.41) is 20.3. The van der Waals surface area contributed by atoms with Crippen molar-refractivity contribution < 1.29 is 10.4 Å². The van der Waals surface area contributed by atoms with Gasteiger partial charge >= 0.3 is 0 Å². The molecule has 1 aliphatic heterocycles. The van der Waals surface area contributed by atoms with Crippen molar-refractivity contribution in [2.75, 3.05) is 26.2 Å². The number of hydroxylamine groups is 4. The van der Waals surface area contributed by atoms with Crippen molar-refractivity contribution in [1.82, 2.24) is 10.1 Å². The first-order chi connectivity index (χ1) is 4.29. The summed E-state index contributed by atoms with van der Waals surface area (Å²) >= 11 is 0. The van der Waals surface area contributed by atoms with Gasteiger partial charge < -0.3 is 10.4 Å². The van der Waals surface area contributed by atoms with Gasteiger partial charge in [-0.3, -0.25) is 0 Å². The first-order valence-electron chi connectivity index (χ1n) is 3.16. The minimum absolute atomic E-state index is 0.538. The van der Waals surface area contributed by atoms with Crippen molar-refractivity contribution in [3.8, 4) is 0 Å². The second-order valence-corrected chi connectivity index (χ2v) is 2.26. The Morgan fingerprint density at radius 1 is 0.778 bits per heavy atom. The normalized spacial score (nSPS) is 26.0. The predicted octanol–water partition coefficient (Wildman–Crippen LogP) is -0.228. The van der Waals surface area contributed by atoms with Crippen molar-refractivity contribution >= 4 is 0 Å². The van der Waals surface area contributed by atoms with Crippen molar-refractivity contribution in [2.24, 2.45) is 0 Å². The smallest absolute Gasteiger partial charge is 0.0389 e. The lowest BCUT2D eigenvalue weighted by atomic mass is 10.4. The Bertz CT molecular complexity index is 79.0. The lowest BCUT2D eigenvalue weighted by molar-refractivity contribution is -0.112. The molecule has 1 aliphatic rings. The summed E-state index contributed by atoms with van der Waals surface area (Å²) in [5.74, 6) is 0. The molecule has 0 unspecified atom stereocenters. The highest BCUT2D eigenvalue weighted by Gasteiger charge is 2.09. The third-order valence-electron chi connectivity index (χ3n) is 1.45. The lowest BCUT2D eigenvalue weighted by Crippen LogP contribution is -2.26. The maximum Gasteiger partial charge on any atom is 0.0389 e. The molecule has 4 heteroatoms. The molecule has 0 spiro atoms. The summed E-state index contributed by atoms with van der Waals surface area (Å²) in [7, 11) is 0. The summed E-state index contributed by atoms with van der Waals surface area (Å²) < 4.78 is 0. The standard InChI is InChI=1S/C5H12N2O2/c8-6-2-1-3-7(9)5-4-6/h8-9H,1-5H2. The molecule has 4 nitrogen and oxygen atoms in total. The zero-order valence-electron chi connectivity index (χ0n) is 5.32. The molecule has 0 atom stereocenters. The second kappa shape index (κ2) is 3.12. The van der Waals surface area contributed by atoms with Crippen molar-refractivity contribution in [3.63, 3.8) is 0 Å². The van der Waals surface area contributed by atoms with Crippen LogP contribution in [0.5, 0.6) is 0 Å². The first-order valence-corrected chi connectivity index (χ1v) is 3.16. The van der Waals surface area contributed by atoms with E-state index >= 15 is 0 Å². The number of nitrogens with zero attached hydrogens (tertiary/aromatic N) is 2. The molecule has 0 aromatic rings.